The molecule has 1 aliphatic heterocycles. The van der Waals surface area contributed by atoms with Crippen LogP contribution in [0.1, 0.15) is 24.5 Å². The average Bonchev–Trinajstić information content (AvgIpc) is 2.91. The maximum atomic E-state index is 14.9. The molecule has 1 heterocycles. The maximum Gasteiger partial charge on any atom is 0.237 e. The first-order valence-electron chi connectivity index (χ1n) is 9.38. The van der Waals surface area contributed by atoms with Crippen molar-refractivity contribution >= 4 is 17.7 Å². The fourth-order valence-corrected chi connectivity index (χ4v) is 3.97. The quantitative estimate of drug-likeness (QED) is 0.552. The van der Waals surface area contributed by atoms with Gasteiger partial charge in [0.25, 0.3) is 0 Å². The summed E-state index contributed by atoms with van der Waals surface area (Å²) < 4.78 is 14.9. The standard InChI is InChI=1S/C25H22FNO/c1-25(22-10-6-7-11-23(22)27(2)24(25)28)17-21(26)16-18-12-14-20(15-13-18)19-8-4-3-5-9-19/h3-16H,17H2,1-2H3/b21-16-/t25-/m1/s1. The third-order valence-corrected chi connectivity index (χ3v) is 5.50. The number of anilines is 1. The van der Waals surface area contributed by atoms with Crippen LogP contribution in [0.3, 0.4) is 0 Å². The van der Waals surface area contributed by atoms with E-state index in [2.05, 4.69) is 0 Å². The molecule has 4 rings (SSSR count). The van der Waals surface area contributed by atoms with Crippen LogP contribution in [0.2, 0.25) is 0 Å². The number of rotatable bonds is 4. The zero-order chi connectivity index (χ0) is 19.7. The number of fused-ring (bicyclic) bond motifs is 1. The summed E-state index contributed by atoms with van der Waals surface area (Å²) in [7, 11) is 1.75. The molecule has 0 radical (unpaired) electrons. The normalized spacial score (nSPS) is 19.0. The van der Waals surface area contributed by atoms with Crippen LogP contribution in [0.5, 0.6) is 0 Å². The second-order valence-electron chi connectivity index (χ2n) is 7.47. The van der Waals surface area contributed by atoms with Crippen LogP contribution in [0.15, 0.2) is 84.7 Å². The minimum absolute atomic E-state index is 0.0492. The van der Waals surface area contributed by atoms with Gasteiger partial charge in [0.15, 0.2) is 0 Å². The Morgan fingerprint density at radius 3 is 2.25 bits per heavy atom. The largest absolute Gasteiger partial charge is 0.314 e. The number of carbonyl (C=O) groups is 1. The summed E-state index contributed by atoms with van der Waals surface area (Å²) in [6, 6.07) is 25.5. The van der Waals surface area contributed by atoms with Gasteiger partial charge in [-0.1, -0.05) is 72.8 Å². The van der Waals surface area contributed by atoms with E-state index < -0.39 is 5.41 Å². The minimum atomic E-state index is -0.879. The Hall–Kier alpha value is -3.20. The smallest absolute Gasteiger partial charge is 0.237 e. The molecule has 140 valence electrons. The topological polar surface area (TPSA) is 20.3 Å². The summed E-state index contributed by atoms with van der Waals surface area (Å²) in [6.07, 6.45) is 1.57. The van der Waals surface area contributed by atoms with Gasteiger partial charge in [-0.25, -0.2) is 4.39 Å². The van der Waals surface area contributed by atoms with E-state index in [0.29, 0.717) is 0 Å². The number of allylic oxidation sites excluding steroid dienone is 1. The van der Waals surface area contributed by atoms with Crippen molar-refractivity contribution in [2.24, 2.45) is 0 Å². The van der Waals surface area contributed by atoms with Crippen LogP contribution in [-0.4, -0.2) is 13.0 Å². The molecule has 1 atom stereocenters. The predicted molar refractivity (Wildman–Crippen MR) is 113 cm³/mol. The van der Waals surface area contributed by atoms with Gasteiger partial charge in [-0.3, -0.25) is 4.79 Å². The van der Waals surface area contributed by atoms with Gasteiger partial charge in [-0.2, -0.15) is 0 Å². The van der Waals surface area contributed by atoms with E-state index in [4.69, 9.17) is 0 Å². The summed E-state index contributed by atoms with van der Waals surface area (Å²) in [5.41, 5.74) is 3.86. The molecule has 2 nitrogen and oxygen atoms in total. The Morgan fingerprint density at radius 1 is 0.929 bits per heavy atom. The van der Waals surface area contributed by atoms with Crippen molar-refractivity contribution in [3.05, 3.63) is 95.8 Å². The van der Waals surface area contributed by atoms with Crippen molar-refractivity contribution < 1.29 is 9.18 Å². The molecule has 3 aromatic rings. The van der Waals surface area contributed by atoms with Gasteiger partial charge in [0.1, 0.15) is 5.83 Å². The number of benzene rings is 3. The maximum absolute atomic E-state index is 14.9. The van der Waals surface area contributed by atoms with E-state index in [0.717, 1.165) is 27.9 Å². The lowest BCUT2D eigenvalue weighted by atomic mass is 9.80. The second-order valence-corrected chi connectivity index (χ2v) is 7.47. The van der Waals surface area contributed by atoms with Crippen LogP contribution >= 0.6 is 0 Å². The molecular weight excluding hydrogens is 349 g/mol. The van der Waals surface area contributed by atoms with Gasteiger partial charge < -0.3 is 4.90 Å². The lowest BCUT2D eigenvalue weighted by Gasteiger charge is -2.22. The monoisotopic (exact) mass is 371 g/mol. The third kappa shape index (κ3) is 3.13. The van der Waals surface area contributed by atoms with Crippen LogP contribution in [0.25, 0.3) is 17.2 Å². The average molecular weight is 371 g/mol. The first kappa shape index (κ1) is 18.2. The number of carbonyl (C=O) groups excluding carboxylic acids is 1. The zero-order valence-electron chi connectivity index (χ0n) is 16.0. The van der Waals surface area contributed by atoms with E-state index in [1.165, 1.54) is 6.08 Å². The Labute approximate surface area is 164 Å². The van der Waals surface area contributed by atoms with Crippen LogP contribution in [-0.2, 0) is 10.2 Å². The number of likely N-dealkylation sites (N-methyl/N-ethyl adjacent to an activating group) is 1. The summed E-state index contributed by atoms with van der Waals surface area (Å²) in [6.45, 7) is 1.82. The first-order chi connectivity index (χ1) is 13.5. The minimum Gasteiger partial charge on any atom is -0.314 e. The van der Waals surface area contributed by atoms with E-state index in [1.54, 1.807) is 11.9 Å². The second kappa shape index (κ2) is 7.08. The van der Waals surface area contributed by atoms with Crippen molar-refractivity contribution in [3.8, 4) is 11.1 Å². The zero-order valence-corrected chi connectivity index (χ0v) is 16.0. The highest BCUT2D eigenvalue weighted by molar-refractivity contribution is 6.07. The van der Waals surface area contributed by atoms with Crippen molar-refractivity contribution in [2.75, 3.05) is 11.9 Å². The van der Waals surface area contributed by atoms with E-state index >= 15 is 0 Å². The third-order valence-electron chi connectivity index (χ3n) is 5.50. The predicted octanol–water partition coefficient (Wildman–Crippen LogP) is 5.99. The van der Waals surface area contributed by atoms with Crippen LogP contribution in [0, 0.1) is 0 Å². The fraction of sp³-hybridized carbons (Fsp3) is 0.160. The van der Waals surface area contributed by atoms with Crippen molar-refractivity contribution in [3.63, 3.8) is 0 Å². The molecule has 0 aliphatic carbocycles. The molecule has 0 saturated heterocycles. The van der Waals surface area contributed by atoms with E-state index in [-0.39, 0.29) is 18.2 Å². The number of halogens is 1. The number of amides is 1. The van der Waals surface area contributed by atoms with Crippen LogP contribution in [0.4, 0.5) is 10.1 Å². The van der Waals surface area contributed by atoms with Gasteiger partial charge in [0.05, 0.1) is 5.41 Å². The molecule has 0 fully saturated rings. The van der Waals surface area contributed by atoms with Gasteiger partial charge in [0, 0.05) is 19.2 Å². The molecule has 0 unspecified atom stereocenters. The molecule has 0 aromatic heterocycles. The molecule has 1 aliphatic rings. The molecule has 1 amide bonds. The number of hydrogen-bond donors (Lipinski definition) is 0. The van der Waals surface area contributed by atoms with Crippen molar-refractivity contribution in [1.29, 1.82) is 0 Å². The Morgan fingerprint density at radius 2 is 1.54 bits per heavy atom. The number of nitrogens with zero attached hydrogens (tertiary/aromatic N) is 1. The van der Waals surface area contributed by atoms with E-state index in [9.17, 15) is 9.18 Å². The summed E-state index contributed by atoms with van der Waals surface area (Å²) in [5, 5.41) is 0. The Kier molecular flexibility index (Phi) is 4.60. The first-order valence-corrected chi connectivity index (χ1v) is 9.38. The molecule has 3 aromatic carbocycles. The number of hydrogen-bond acceptors (Lipinski definition) is 1. The Bertz CT molecular complexity index is 1040. The summed E-state index contributed by atoms with van der Waals surface area (Å²) in [4.78, 5) is 14.4. The van der Waals surface area contributed by atoms with Gasteiger partial charge in [-0.05, 0) is 41.3 Å². The molecule has 28 heavy (non-hydrogen) atoms. The fourth-order valence-electron chi connectivity index (χ4n) is 3.97. The van der Waals surface area contributed by atoms with E-state index in [1.807, 2.05) is 85.8 Å². The molecule has 0 spiro atoms. The highest BCUT2D eigenvalue weighted by Crippen LogP contribution is 2.44. The molecule has 0 saturated carbocycles. The molecular formula is C25H22FNO. The van der Waals surface area contributed by atoms with Gasteiger partial charge in [0.2, 0.25) is 5.91 Å². The highest BCUT2D eigenvalue weighted by atomic mass is 19.1. The molecule has 0 bridgehead atoms. The molecule has 3 heteroatoms. The van der Waals surface area contributed by atoms with Crippen LogP contribution < -0.4 is 4.90 Å². The SMILES string of the molecule is CN1C(=O)[C@](C)(C/C(F)=C/c2ccc(-c3ccccc3)cc2)c2ccccc21. The summed E-state index contributed by atoms with van der Waals surface area (Å²) in [5.74, 6) is -0.370. The van der Waals surface area contributed by atoms with Crippen molar-refractivity contribution in [2.45, 2.75) is 18.8 Å². The van der Waals surface area contributed by atoms with Gasteiger partial charge in [-0.15, -0.1) is 0 Å². The van der Waals surface area contributed by atoms with Crippen molar-refractivity contribution in [1.82, 2.24) is 0 Å². The summed E-state index contributed by atoms with van der Waals surface area (Å²) >= 11 is 0. The highest BCUT2D eigenvalue weighted by Gasteiger charge is 2.46. The lowest BCUT2D eigenvalue weighted by molar-refractivity contribution is -0.122. The molecule has 0 N–H and O–H groups in total. The lowest BCUT2D eigenvalue weighted by Crippen LogP contribution is -2.36. The van der Waals surface area contributed by atoms with Gasteiger partial charge >= 0.3 is 0 Å². The number of para-hydroxylation sites is 1. The Balaban J connectivity index is 1.58.